The second-order valence-corrected chi connectivity index (χ2v) is 3.77. The van der Waals surface area contributed by atoms with Crippen LogP contribution in [0.1, 0.15) is 11.1 Å². The Bertz CT molecular complexity index is 537. The number of pyridine rings is 1. The van der Waals surface area contributed by atoms with Crippen molar-refractivity contribution >= 4 is 5.82 Å². The fraction of sp³-hybridized carbons (Fsp3) is 0.250. The van der Waals surface area contributed by atoms with E-state index >= 15 is 0 Å². The number of nitrogens with two attached hydrogens (primary N) is 1. The molecule has 0 amide bonds. The predicted octanol–water partition coefficient (Wildman–Crippen LogP) is 1.75. The van der Waals surface area contributed by atoms with E-state index < -0.39 is 0 Å². The second-order valence-electron chi connectivity index (χ2n) is 3.77. The van der Waals surface area contributed by atoms with Gasteiger partial charge in [-0.2, -0.15) is 0 Å². The predicted molar refractivity (Wildman–Crippen MR) is 65.7 cm³/mol. The van der Waals surface area contributed by atoms with E-state index in [1.165, 1.54) is 0 Å². The molecule has 2 N–H and O–H groups in total. The van der Waals surface area contributed by atoms with Gasteiger partial charge in [0.15, 0.2) is 0 Å². The quantitative estimate of drug-likeness (QED) is 0.850. The Balaban J connectivity index is 2.49. The molecule has 0 spiro atoms. The van der Waals surface area contributed by atoms with Gasteiger partial charge in [0.2, 0.25) is 5.88 Å². The topological polar surface area (TPSA) is 73.9 Å². The summed E-state index contributed by atoms with van der Waals surface area (Å²) in [6.07, 6.45) is 1.71. The van der Waals surface area contributed by atoms with Crippen molar-refractivity contribution in [1.82, 2.24) is 15.2 Å². The SMILES string of the molecule is COc1ccc(-c2nnc(N)c(C)c2C)cn1. The molecule has 17 heavy (non-hydrogen) atoms. The summed E-state index contributed by atoms with van der Waals surface area (Å²) in [5.74, 6) is 1.04. The smallest absolute Gasteiger partial charge is 0.212 e. The number of rotatable bonds is 2. The highest BCUT2D eigenvalue weighted by molar-refractivity contribution is 5.65. The van der Waals surface area contributed by atoms with E-state index in [1.54, 1.807) is 19.4 Å². The molecule has 0 aliphatic rings. The average molecular weight is 230 g/mol. The van der Waals surface area contributed by atoms with Gasteiger partial charge in [0.05, 0.1) is 12.8 Å². The minimum atomic E-state index is 0.465. The van der Waals surface area contributed by atoms with Crippen LogP contribution < -0.4 is 10.5 Å². The normalized spacial score (nSPS) is 10.3. The van der Waals surface area contributed by atoms with Crippen molar-refractivity contribution in [3.63, 3.8) is 0 Å². The van der Waals surface area contributed by atoms with E-state index in [2.05, 4.69) is 15.2 Å². The monoisotopic (exact) mass is 230 g/mol. The molecule has 5 nitrogen and oxygen atoms in total. The molecule has 2 heterocycles. The minimum Gasteiger partial charge on any atom is -0.481 e. The van der Waals surface area contributed by atoms with Gasteiger partial charge in [0.1, 0.15) is 5.82 Å². The highest BCUT2D eigenvalue weighted by Crippen LogP contribution is 2.24. The van der Waals surface area contributed by atoms with Crippen LogP contribution in [0.15, 0.2) is 18.3 Å². The maximum Gasteiger partial charge on any atom is 0.212 e. The third kappa shape index (κ3) is 2.04. The third-order valence-electron chi connectivity index (χ3n) is 2.78. The molecular weight excluding hydrogens is 216 g/mol. The number of aromatic nitrogens is 3. The van der Waals surface area contributed by atoms with Gasteiger partial charge < -0.3 is 10.5 Å². The summed E-state index contributed by atoms with van der Waals surface area (Å²) in [5.41, 5.74) is 9.37. The first-order valence-corrected chi connectivity index (χ1v) is 5.23. The molecule has 88 valence electrons. The van der Waals surface area contributed by atoms with Crippen molar-refractivity contribution < 1.29 is 4.74 Å². The highest BCUT2D eigenvalue weighted by Gasteiger charge is 2.09. The maximum atomic E-state index is 5.70. The molecule has 0 saturated heterocycles. The van der Waals surface area contributed by atoms with E-state index in [1.807, 2.05) is 19.9 Å². The average Bonchev–Trinajstić information content (AvgIpc) is 2.36. The van der Waals surface area contributed by atoms with Gasteiger partial charge in [0.25, 0.3) is 0 Å². The Morgan fingerprint density at radius 3 is 2.47 bits per heavy atom. The molecular formula is C12H14N4O. The lowest BCUT2D eigenvalue weighted by molar-refractivity contribution is 0.398. The van der Waals surface area contributed by atoms with Crippen LogP contribution in [0.2, 0.25) is 0 Å². The van der Waals surface area contributed by atoms with Gasteiger partial charge in [-0.1, -0.05) is 0 Å². The third-order valence-corrected chi connectivity index (χ3v) is 2.78. The zero-order valence-corrected chi connectivity index (χ0v) is 10.1. The highest BCUT2D eigenvalue weighted by atomic mass is 16.5. The molecule has 0 fully saturated rings. The van der Waals surface area contributed by atoms with Gasteiger partial charge in [-0.05, 0) is 31.0 Å². The molecule has 0 saturated carbocycles. The number of nitrogen functional groups attached to an aromatic ring is 1. The van der Waals surface area contributed by atoms with Gasteiger partial charge in [-0.25, -0.2) is 4.98 Å². The number of hydrogen-bond acceptors (Lipinski definition) is 5. The zero-order valence-electron chi connectivity index (χ0n) is 10.1. The lowest BCUT2D eigenvalue weighted by atomic mass is 10.1. The number of methoxy groups -OCH3 is 1. The molecule has 0 atom stereocenters. The molecule has 5 heteroatoms. The lowest BCUT2D eigenvalue weighted by Crippen LogP contribution is -2.02. The largest absolute Gasteiger partial charge is 0.481 e. The maximum absolute atomic E-state index is 5.70. The summed E-state index contributed by atoms with van der Waals surface area (Å²) < 4.78 is 5.01. The first-order valence-electron chi connectivity index (χ1n) is 5.23. The minimum absolute atomic E-state index is 0.465. The Hall–Kier alpha value is -2.17. The summed E-state index contributed by atoms with van der Waals surface area (Å²) in [4.78, 5) is 4.15. The first kappa shape index (κ1) is 11.3. The van der Waals surface area contributed by atoms with Crippen LogP contribution in [-0.4, -0.2) is 22.3 Å². The van der Waals surface area contributed by atoms with E-state index in [0.29, 0.717) is 11.7 Å². The van der Waals surface area contributed by atoms with Crippen molar-refractivity contribution in [2.24, 2.45) is 0 Å². The van der Waals surface area contributed by atoms with Crippen molar-refractivity contribution in [3.8, 4) is 17.1 Å². The summed E-state index contributed by atoms with van der Waals surface area (Å²) >= 11 is 0. The van der Waals surface area contributed by atoms with Crippen molar-refractivity contribution in [3.05, 3.63) is 29.5 Å². The van der Waals surface area contributed by atoms with Crippen LogP contribution in [0.3, 0.4) is 0 Å². The van der Waals surface area contributed by atoms with Crippen molar-refractivity contribution in [1.29, 1.82) is 0 Å². The summed E-state index contributed by atoms with van der Waals surface area (Å²) in [7, 11) is 1.58. The van der Waals surface area contributed by atoms with E-state index in [9.17, 15) is 0 Å². The van der Waals surface area contributed by atoms with Crippen LogP contribution in [0.4, 0.5) is 5.82 Å². The number of ether oxygens (including phenoxy) is 1. The van der Waals surface area contributed by atoms with Crippen molar-refractivity contribution in [2.75, 3.05) is 12.8 Å². The standard InChI is InChI=1S/C12H14N4O/c1-7-8(2)12(13)16-15-11(7)9-4-5-10(17-3)14-6-9/h4-6H,1-3H3,(H2,13,16). The van der Waals surface area contributed by atoms with E-state index in [0.717, 1.165) is 22.4 Å². The molecule has 2 rings (SSSR count). The second kappa shape index (κ2) is 4.37. The Labute approximate surface area is 99.7 Å². The lowest BCUT2D eigenvalue weighted by Gasteiger charge is -2.08. The number of nitrogens with zero attached hydrogens (tertiary/aromatic N) is 3. The molecule has 2 aromatic rings. The molecule has 0 unspecified atom stereocenters. The zero-order chi connectivity index (χ0) is 12.4. The Morgan fingerprint density at radius 1 is 1.12 bits per heavy atom. The van der Waals surface area contributed by atoms with Gasteiger partial charge in [-0.3, -0.25) is 0 Å². The van der Waals surface area contributed by atoms with Gasteiger partial charge in [0, 0.05) is 17.8 Å². The molecule has 0 aliphatic heterocycles. The van der Waals surface area contributed by atoms with Crippen LogP contribution in [0, 0.1) is 13.8 Å². The molecule has 0 radical (unpaired) electrons. The summed E-state index contributed by atoms with van der Waals surface area (Å²) in [5, 5.41) is 8.04. The van der Waals surface area contributed by atoms with Gasteiger partial charge in [-0.15, -0.1) is 10.2 Å². The Kier molecular flexibility index (Phi) is 2.91. The fourth-order valence-corrected chi connectivity index (χ4v) is 1.54. The molecule has 0 aliphatic carbocycles. The van der Waals surface area contributed by atoms with Crippen LogP contribution in [0.5, 0.6) is 5.88 Å². The number of hydrogen-bond donors (Lipinski definition) is 1. The van der Waals surface area contributed by atoms with E-state index in [4.69, 9.17) is 10.5 Å². The fourth-order valence-electron chi connectivity index (χ4n) is 1.54. The number of anilines is 1. The van der Waals surface area contributed by atoms with Crippen molar-refractivity contribution in [2.45, 2.75) is 13.8 Å². The Morgan fingerprint density at radius 2 is 1.88 bits per heavy atom. The summed E-state index contributed by atoms with van der Waals surface area (Å²) in [6, 6.07) is 3.70. The van der Waals surface area contributed by atoms with Crippen LogP contribution in [-0.2, 0) is 0 Å². The van der Waals surface area contributed by atoms with Crippen LogP contribution >= 0.6 is 0 Å². The molecule has 2 aromatic heterocycles. The van der Waals surface area contributed by atoms with Gasteiger partial charge >= 0.3 is 0 Å². The first-order chi connectivity index (χ1) is 8.13. The molecule has 0 aromatic carbocycles. The van der Waals surface area contributed by atoms with Crippen LogP contribution in [0.25, 0.3) is 11.3 Å². The van der Waals surface area contributed by atoms with E-state index in [-0.39, 0.29) is 0 Å². The summed E-state index contributed by atoms with van der Waals surface area (Å²) in [6.45, 7) is 3.90. The molecule has 0 bridgehead atoms.